The van der Waals surface area contributed by atoms with Gasteiger partial charge >= 0.3 is 0 Å². The van der Waals surface area contributed by atoms with Gasteiger partial charge in [0.15, 0.2) is 0 Å². The Morgan fingerprint density at radius 1 is 1.22 bits per heavy atom. The van der Waals surface area contributed by atoms with E-state index in [2.05, 4.69) is 20.9 Å². The number of halogens is 1. The molecule has 1 aromatic heterocycles. The molecule has 1 amide bonds. The van der Waals surface area contributed by atoms with E-state index in [1.54, 1.807) is 0 Å². The fourth-order valence-electron chi connectivity index (χ4n) is 2.98. The van der Waals surface area contributed by atoms with Crippen molar-refractivity contribution in [2.75, 3.05) is 6.61 Å². The average Bonchev–Trinajstić information content (AvgIpc) is 3.00. The first-order valence-corrected chi connectivity index (χ1v) is 9.50. The van der Waals surface area contributed by atoms with E-state index in [1.807, 2.05) is 43.3 Å². The Labute approximate surface area is 164 Å². The Balaban J connectivity index is 1.58. The zero-order chi connectivity index (χ0) is 19.2. The highest BCUT2D eigenvalue weighted by Crippen LogP contribution is 2.21. The van der Waals surface area contributed by atoms with Crippen LogP contribution in [0.1, 0.15) is 31.2 Å². The maximum Gasteiger partial charge on any atom is 0.217 e. The molecule has 6 heteroatoms. The molecule has 0 atom stereocenters. The molecular formula is C21H24ClN3O2. The van der Waals surface area contributed by atoms with Crippen LogP contribution in [-0.4, -0.2) is 22.1 Å². The second-order valence-corrected chi connectivity index (χ2v) is 6.95. The summed E-state index contributed by atoms with van der Waals surface area (Å²) in [4.78, 5) is 15.9. The molecule has 0 aliphatic carbocycles. The van der Waals surface area contributed by atoms with Crippen LogP contribution >= 0.6 is 11.6 Å². The Morgan fingerprint density at radius 3 is 2.81 bits per heavy atom. The summed E-state index contributed by atoms with van der Waals surface area (Å²) in [6.07, 6.45) is 1.88. The third-order valence-corrected chi connectivity index (χ3v) is 4.83. The lowest BCUT2D eigenvalue weighted by molar-refractivity contribution is -0.119. The number of para-hydroxylation sites is 2. The molecule has 27 heavy (non-hydrogen) atoms. The number of hydrogen-bond donors (Lipinski definition) is 1. The van der Waals surface area contributed by atoms with Crippen LogP contribution in [0.3, 0.4) is 0 Å². The second kappa shape index (κ2) is 8.91. The van der Waals surface area contributed by atoms with E-state index < -0.39 is 0 Å². The molecule has 0 aliphatic heterocycles. The molecule has 1 N–H and O–H groups in total. The average molecular weight is 386 g/mol. The molecule has 0 unspecified atom stereocenters. The molecule has 0 radical (unpaired) electrons. The number of rotatable bonds is 8. The van der Waals surface area contributed by atoms with E-state index in [1.165, 1.54) is 6.92 Å². The number of nitrogens with zero attached hydrogens (tertiary/aromatic N) is 2. The topological polar surface area (TPSA) is 56.2 Å². The summed E-state index contributed by atoms with van der Waals surface area (Å²) >= 11 is 6.04. The normalized spacial score (nSPS) is 10.9. The molecule has 1 heterocycles. The zero-order valence-corrected chi connectivity index (χ0v) is 16.4. The number of fused-ring (bicyclic) bond motifs is 1. The van der Waals surface area contributed by atoms with Gasteiger partial charge in [-0.05, 0) is 55.7 Å². The monoisotopic (exact) mass is 385 g/mol. The predicted octanol–water partition coefficient (Wildman–Crippen LogP) is 4.49. The summed E-state index contributed by atoms with van der Waals surface area (Å²) in [5.74, 6) is 1.66. The van der Waals surface area contributed by atoms with Crippen LogP contribution in [0.4, 0.5) is 0 Å². The molecule has 0 spiro atoms. The molecule has 142 valence electrons. The van der Waals surface area contributed by atoms with Crippen molar-refractivity contribution in [2.45, 2.75) is 39.8 Å². The number of carbonyl (C=O) groups is 1. The predicted molar refractivity (Wildman–Crippen MR) is 108 cm³/mol. The summed E-state index contributed by atoms with van der Waals surface area (Å²) in [5.41, 5.74) is 3.06. The summed E-state index contributed by atoms with van der Waals surface area (Å²) in [7, 11) is 0. The Morgan fingerprint density at radius 2 is 2.04 bits per heavy atom. The van der Waals surface area contributed by atoms with Crippen LogP contribution in [0.2, 0.25) is 5.02 Å². The maximum atomic E-state index is 11.2. The van der Waals surface area contributed by atoms with Crippen molar-refractivity contribution >= 4 is 28.5 Å². The lowest BCUT2D eigenvalue weighted by atomic mass is 10.2. The molecule has 2 aromatic carbocycles. The number of imidazole rings is 1. The fraction of sp³-hybridized carbons (Fsp3) is 0.333. The smallest absolute Gasteiger partial charge is 0.217 e. The number of hydrogen-bond acceptors (Lipinski definition) is 3. The van der Waals surface area contributed by atoms with Crippen LogP contribution in [0.5, 0.6) is 5.75 Å². The van der Waals surface area contributed by atoms with Crippen LogP contribution < -0.4 is 10.1 Å². The first-order chi connectivity index (χ1) is 13.0. The number of ether oxygens (including phenoxy) is 1. The lowest BCUT2D eigenvalue weighted by Crippen LogP contribution is -2.21. The quantitative estimate of drug-likeness (QED) is 0.581. The Kier molecular flexibility index (Phi) is 6.35. The van der Waals surface area contributed by atoms with Gasteiger partial charge in [0.1, 0.15) is 11.6 Å². The van der Waals surface area contributed by atoms with Gasteiger partial charge in [-0.1, -0.05) is 23.7 Å². The van der Waals surface area contributed by atoms with Crippen molar-refractivity contribution in [3.05, 3.63) is 58.9 Å². The highest BCUT2D eigenvalue weighted by Gasteiger charge is 2.10. The molecule has 3 rings (SSSR count). The van der Waals surface area contributed by atoms with E-state index in [0.29, 0.717) is 13.2 Å². The maximum absolute atomic E-state index is 11.2. The molecule has 5 nitrogen and oxygen atoms in total. The van der Waals surface area contributed by atoms with Crippen molar-refractivity contribution in [3.8, 4) is 5.75 Å². The number of aromatic nitrogens is 2. The number of benzene rings is 2. The van der Waals surface area contributed by atoms with E-state index in [9.17, 15) is 4.79 Å². The summed E-state index contributed by atoms with van der Waals surface area (Å²) < 4.78 is 8.00. The Bertz CT molecular complexity index is 936. The Hall–Kier alpha value is -2.53. The zero-order valence-electron chi connectivity index (χ0n) is 15.7. The van der Waals surface area contributed by atoms with Crippen LogP contribution in [-0.2, 0) is 17.9 Å². The minimum atomic E-state index is -0.0553. The van der Waals surface area contributed by atoms with Gasteiger partial charge in [-0.3, -0.25) is 4.79 Å². The van der Waals surface area contributed by atoms with E-state index in [0.717, 1.165) is 52.6 Å². The first-order valence-electron chi connectivity index (χ1n) is 9.12. The number of carbonyl (C=O) groups excluding carboxylic acids is 1. The largest absolute Gasteiger partial charge is 0.494 e. The van der Waals surface area contributed by atoms with Gasteiger partial charge < -0.3 is 14.6 Å². The molecule has 3 aromatic rings. The van der Waals surface area contributed by atoms with Crippen molar-refractivity contribution < 1.29 is 9.53 Å². The highest BCUT2D eigenvalue weighted by atomic mass is 35.5. The van der Waals surface area contributed by atoms with Crippen molar-refractivity contribution in [2.24, 2.45) is 0 Å². The first kappa shape index (κ1) is 19.2. The minimum Gasteiger partial charge on any atom is -0.494 e. The molecular weight excluding hydrogens is 362 g/mol. The van der Waals surface area contributed by atoms with Gasteiger partial charge in [-0.2, -0.15) is 0 Å². The number of unbranched alkanes of at least 4 members (excludes halogenated alkanes) is 1. The number of nitrogens with one attached hydrogen (secondary N) is 1. The van der Waals surface area contributed by atoms with E-state index in [4.69, 9.17) is 16.3 Å². The van der Waals surface area contributed by atoms with Gasteiger partial charge in [0.2, 0.25) is 5.91 Å². The third kappa shape index (κ3) is 5.01. The van der Waals surface area contributed by atoms with Gasteiger partial charge in [-0.25, -0.2) is 4.98 Å². The molecule has 0 bridgehead atoms. The van der Waals surface area contributed by atoms with E-state index >= 15 is 0 Å². The second-order valence-electron chi connectivity index (χ2n) is 6.54. The summed E-state index contributed by atoms with van der Waals surface area (Å²) in [6.45, 7) is 5.40. The third-order valence-electron chi connectivity index (χ3n) is 4.40. The minimum absolute atomic E-state index is 0.0553. The molecule has 0 saturated heterocycles. The lowest BCUT2D eigenvalue weighted by Gasteiger charge is -2.11. The van der Waals surface area contributed by atoms with Crippen molar-refractivity contribution in [3.63, 3.8) is 0 Å². The van der Waals surface area contributed by atoms with E-state index in [-0.39, 0.29) is 5.91 Å². The van der Waals surface area contributed by atoms with Gasteiger partial charge in [-0.15, -0.1) is 0 Å². The number of aryl methyl sites for hydroxylation is 2. The molecule has 0 saturated carbocycles. The van der Waals surface area contributed by atoms with Gasteiger partial charge in [0.25, 0.3) is 0 Å². The van der Waals surface area contributed by atoms with Crippen molar-refractivity contribution in [1.82, 2.24) is 14.9 Å². The van der Waals surface area contributed by atoms with Gasteiger partial charge in [0.05, 0.1) is 24.2 Å². The summed E-state index contributed by atoms with van der Waals surface area (Å²) in [5, 5.41) is 3.59. The standard InChI is InChI=1S/C21H24ClN3O2/c1-15-13-17(9-10-18(15)22)27-12-6-5-11-25-20-8-4-3-7-19(20)24-21(25)14-23-16(2)26/h3-4,7-10,13H,5-6,11-12,14H2,1-2H3,(H,23,26). The van der Waals surface area contributed by atoms with Crippen molar-refractivity contribution in [1.29, 1.82) is 0 Å². The SMILES string of the molecule is CC(=O)NCc1nc2ccccc2n1CCCCOc1ccc(Cl)c(C)c1. The van der Waals surface area contributed by atoms with Gasteiger partial charge in [0, 0.05) is 18.5 Å². The molecule has 0 fully saturated rings. The van der Waals surface area contributed by atoms with Crippen LogP contribution in [0.15, 0.2) is 42.5 Å². The van der Waals surface area contributed by atoms with Crippen LogP contribution in [0, 0.1) is 6.92 Å². The highest BCUT2D eigenvalue weighted by molar-refractivity contribution is 6.31. The van der Waals surface area contributed by atoms with Crippen LogP contribution in [0.25, 0.3) is 11.0 Å². The molecule has 0 aliphatic rings. The summed E-state index contributed by atoms with van der Waals surface area (Å²) in [6, 6.07) is 13.7. The fourth-order valence-corrected chi connectivity index (χ4v) is 3.10. The number of amides is 1.